The smallest absolute Gasteiger partial charge is 0.191 e. The third kappa shape index (κ3) is 8.71. The molecule has 0 saturated carbocycles. The minimum absolute atomic E-state index is 0. The lowest BCUT2D eigenvalue weighted by Crippen LogP contribution is -2.36. The zero-order valence-corrected chi connectivity index (χ0v) is 18.7. The van der Waals surface area contributed by atoms with Gasteiger partial charge in [-0.15, -0.1) is 24.0 Å². The molecule has 148 valence electrons. The van der Waals surface area contributed by atoms with Gasteiger partial charge in [-0.05, 0) is 49.3 Å². The van der Waals surface area contributed by atoms with Crippen LogP contribution < -0.4 is 10.6 Å². The summed E-state index contributed by atoms with van der Waals surface area (Å²) in [6, 6.07) is 15.1. The van der Waals surface area contributed by atoms with Crippen LogP contribution >= 0.6 is 24.0 Å². The Labute approximate surface area is 179 Å². The molecule has 0 aliphatic carbocycles. The van der Waals surface area contributed by atoms with Crippen molar-refractivity contribution in [1.82, 2.24) is 15.5 Å². The maximum atomic E-state index is 13.3. The van der Waals surface area contributed by atoms with Crippen molar-refractivity contribution in [2.45, 2.75) is 33.5 Å². The molecule has 2 rings (SSSR count). The highest BCUT2D eigenvalue weighted by molar-refractivity contribution is 14.0. The van der Waals surface area contributed by atoms with E-state index in [9.17, 15) is 4.39 Å². The van der Waals surface area contributed by atoms with Gasteiger partial charge < -0.3 is 15.5 Å². The number of nitrogens with one attached hydrogen (secondary N) is 2. The van der Waals surface area contributed by atoms with E-state index >= 15 is 0 Å². The van der Waals surface area contributed by atoms with Gasteiger partial charge in [-0.3, -0.25) is 0 Å². The Kier molecular flexibility index (Phi) is 11.0. The Balaban J connectivity index is 0.00000364. The van der Waals surface area contributed by atoms with Gasteiger partial charge in [0.25, 0.3) is 0 Å². The number of benzene rings is 2. The molecule has 27 heavy (non-hydrogen) atoms. The van der Waals surface area contributed by atoms with Crippen LogP contribution in [-0.4, -0.2) is 31.0 Å². The number of nitrogens with zero attached hydrogens (tertiary/aromatic N) is 2. The van der Waals surface area contributed by atoms with Gasteiger partial charge in [-0.2, -0.15) is 0 Å². The molecule has 0 fully saturated rings. The summed E-state index contributed by atoms with van der Waals surface area (Å²) in [6.45, 7) is 8.05. The second kappa shape index (κ2) is 12.7. The van der Waals surface area contributed by atoms with Crippen molar-refractivity contribution >= 4 is 29.9 Å². The normalized spacial score (nSPS) is 11.2. The van der Waals surface area contributed by atoms with Crippen LogP contribution in [0.1, 0.15) is 30.5 Å². The third-order valence-electron chi connectivity index (χ3n) is 4.10. The molecule has 0 spiro atoms. The fourth-order valence-corrected chi connectivity index (χ4v) is 2.59. The van der Waals surface area contributed by atoms with Crippen LogP contribution in [-0.2, 0) is 19.6 Å². The zero-order valence-electron chi connectivity index (χ0n) is 16.3. The maximum absolute atomic E-state index is 13.3. The first-order valence-electron chi connectivity index (χ1n) is 9.13. The van der Waals surface area contributed by atoms with Gasteiger partial charge in [0.05, 0.1) is 6.54 Å². The minimum Gasteiger partial charge on any atom is -0.357 e. The zero-order chi connectivity index (χ0) is 18.8. The van der Waals surface area contributed by atoms with E-state index in [4.69, 9.17) is 0 Å². The predicted molar refractivity (Wildman–Crippen MR) is 122 cm³/mol. The van der Waals surface area contributed by atoms with Gasteiger partial charge in [0.2, 0.25) is 0 Å². The highest BCUT2D eigenvalue weighted by atomic mass is 127. The number of hydrogen-bond acceptors (Lipinski definition) is 2. The van der Waals surface area contributed by atoms with Crippen LogP contribution in [0.4, 0.5) is 4.39 Å². The van der Waals surface area contributed by atoms with E-state index in [-0.39, 0.29) is 29.8 Å². The summed E-state index contributed by atoms with van der Waals surface area (Å²) >= 11 is 0. The Morgan fingerprint density at radius 1 is 1.00 bits per heavy atom. The molecule has 0 aliphatic rings. The van der Waals surface area contributed by atoms with Gasteiger partial charge in [0, 0.05) is 19.6 Å². The molecular weight excluding hydrogens is 454 g/mol. The number of halogens is 2. The van der Waals surface area contributed by atoms with Gasteiger partial charge >= 0.3 is 0 Å². The van der Waals surface area contributed by atoms with Crippen LogP contribution in [0.3, 0.4) is 0 Å². The van der Waals surface area contributed by atoms with Crippen LogP contribution in [0.25, 0.3) is 0 Å². The molecule has 4 nitrogen and oxygen atoms in total. The molecule has 0 unspecified atom stereocenters. The van der Waals surface area contributed by atoms with E-state index in [0.29, 0.717) is 13.1 Å². The van der Waals surface area contributed by atoms with Crippen LogP contribution in [0.15, 0.2) is 53.5 Å². The first-order valence-corrected chi connectivity index (χ1v) is 9.13. The van der Waals surface area contributed by atoms with Crippen molar-refractivity contribution < 1.29 is 4.39 Å². The van der Waals surface area contributed by atoms with Crippen molar-refractivity contribution in [3.63, 3.8) is 0 Å². The molecule has 2 aromatic carbocycles. The summed E-state index contributed by atoms with van der Waals surface area (Å²) in [5.74, 6) is 0.507. The van der Waals surface area contributed by atoms with Crippen molar-refractivity contribution in [2.24, 2.45) is 4.99 Å². The second-order valence-electron chi connectivity index (χ2n) is 6.33. The quantitative estimate of drug-likeness (QED) is 0.336. The van der Waals surface area contributed by atoms with Gasteiger partial charge in [-0.25, -0.2) is 9.38 Å². The predicted octanol–water partition coefficient (Wildman–Crippen LogP) is 4.15. The van der Waals surface area contributed by atoms with Crippen molar-refractivity contribution in [3.8, 4) is 0 Å². The van der Waals surface area contributed by atoms with E-state index in [1.165, 1.54) is 23.3 Å². The molecule has 6 heteroatoms. The van der Waals surface area contributed by atoms with Crippen molar-refractivity contribution in [3.05, 3.63) is 71.0 Å². The molecule has 0 heterocycles. The average Bonchev–Trinajstić information content (AvgIpc) is 2.64. The Bertz CT molecular complexity index is 721. The highest BCUT2D eigenvalue weighted by Gasteiger charge is 2.02. The van der Waals surface area contributed by atoms with Gasteiger partial charge in [0.15, 0.2) is 5.96 Å². The molecule has 0 bridgehead atoms. The Morgan fingerprint density at radius 2 is 1.70 bits per heavy atom. The number of rotatable bonds is 8. The van der Waals surface area contributed by atoms with Crippen LogP contribution in [0.5, 0.6) is 0 Å². The first-order chi connectivity index (χ1) is 12.6. The topological polar surface area (TPSA) is 39.7 Å². The molecule has 2 aromatic rings. The molecule has 0 amide bonds. The third-order valence-corrected chi connectivity index (χ3v) is 4.10. The molecule has 0 radical (unpaired) electrons. The summed E-state index contributed by atoms with van der Waals surface area (Å²) in [6.07, 6.45) is 0. The van der Waals surface area contributed by atoms with E-state index in [1.54, 1.807) is 6.07 Å². The molecule has 0 aliphatic heterocycles. The van der Waals surface area contributed by atoms with Gasteiger partial charge in [0.1, 0.15) is 5.82 Å². The standard InChI is InChI=1S/C21H29FN4.HI/c1-4-23-21(25-15-18-9-7-11-20(22)13-18)24-14-17-8-6-10-19(12-17)16-26(3)5-2;/h6-13H,4-5,14-16H2,1-3H3,(H2,23,24,25);1H. The van der Waals surface area contributed by atoms with Gasteiger partial charge in [-0.1, -0.05) is 43.3 Å². The maximum Gasteiger partial charge on any atom is 0.191 e. The summed E-state index contributed by atoms with van der Waals surface area (Å²) in [5.41, 5.74) is 3.36. The van der Waals surface area contributed by atoms with E-state index in [2.05, 4.69) is 58.8 Å². The first kappa shape index (κ1) is 23.4. The summed E-state index contributed by atoms with van der Waals surface area (Å²) in [7, 11) is 2.12. The lowest BCUT2D eigenvalue weighted by atomic mass is 10.1. The van der Waals surface area contributed by atoms with Crippen molar-refractivity contribution in [1.29, 1.82) is 0 Å². The SMILES string of the molecule is CCNC(=NCc1cccc(CN(C)CC)c1)NCc1cccc(F)c1.I. The summed E-state index contributed by atoms with van der Waals surface area (Å²) in [5, 5.41) is 6.48. The summed E-state index contributed by atoms with van der Waals surface area (Å²) in [4.78, 5) is 6.92. The molecule has 2 N–H and O–H groups in total. The molecule has 0 saturated heterocycles. The highest BCUT2D eigenvalue weighted by Crippen LogP contribution is 2.09. The largest absolute Gasteiger partial charge is 0.357 e. The van der Waals surface area contributed by atoms with Crippen LogP contribution in [0.2, 0.25) is 0 Å². The molecule has 0 aromatic heterocycles. The fraction of sp³-hybridized carbons (Fsp3) is 0.381. The average molecular weight is 484 g/mol. The fourth-order valence-electron chi connectivity index (χ4n) is 2.59. The number of guanidine groups is 1. The van der Waals surface area contributed by atoms with Crippen LogP contribution in [0, 0.1) is 5.82 Å². The van der Waals surface area contributed by atoms with E-state index < -0.39 is 0 Å². The Hall–Kier alpha value is -1.67. The minimum atomic E-state index is -0.222. The van der Waals surface area contributed by atoms with E-state index in [0.717, 1.165) is 31.2 Å². The monoisotopic (exact) mass is 484 g/mol. The lowest BCUT2D eigenvalue weighted by Gasteiger charge is -2.14. The van der Waals surface area contributed by atoms with Crippen molar-refractivity contribution in [2.75, 3.05) is 20.1 Å². The Morgan fingerprint density at radius 3 is 2.41 bits per heavy atom. The van der Waals surface area contributed by atoms with E-state index in [1.807, 2.05) is 13.0 Å². The number of hydrogen-bond donors (Lipinski definition) is 2. The summed E-state index contributed by atoms with van der Waals surface area (Å²) < 4.78 is 13.3. The molecular formula is C21H30FIN4. The molecule has 0 atom stereocenters. The lowest BCUT2D eigenvalue weighted by molar-refractivity contribution is 0.345. The number of aliphatic imine (C=N–C) groups is 1. The second-order valence-corrected chi connectivity index (χ2v) is 6.33.